The average Bonchev–Trinajstić information content (AvgIpc) is 3.10. The molecule has 0 saturated carbocycles. The van der Waals surface area contributed by atoms with Crippen molar-refractivity contribution >= 4 is 29.0 Å². The highest BCUT2D eigenvalue weighted by Gasteiger charge is 2.16. The summed E-state index contributed by atoms with van der Waals surface area (Å²) in [5.41, 5.74) is 0.160. The minimum Gasteiger partial charge on any atom is -0.497 e. The first-order valence-electron chi connectivity index (χ1n) is 9.38. The first-order chi connectivity index (χ1) is 15.5. The number of hydrogen-bond acceptors (Lipinski definition) is 7. The van der Waals surface area contributed by atoms with Crippen LogP contribution in [0.3, 0.4) is 0 Å². The molecule has 4 rings (SSSR count). The van der Waals surface area contributed by atoms with E-state index in [9.17, 15) is 14.0 Å². The lowest BCUT2D eigenvalue weighted by atomic mass is 10.2. The van der Waals surface area contributed by atoms with Crippen LogP contribution in [0.25, 0.3) is 5.65 Å². The molecule has 32 heavy (non-hydrogen) atoms. The Morgan fingerprint density at radius 2 is 2.03 bits per heavy atom. The third-order valence-electron chi connectivity index (χ3n) is 4.45. The van der Waals surface area contributed by atoms with Crippen molar-refractivity contribution in [3.8, 4) is 11.5 Å². The number of carbonyl (C=O) groups is 1. The van der Waals surface area contributed by atoms with Crippen molar-refractivity contribution in [2.24, 2.45) is 0 Å². The third-order valence-corrected chi connectivity index (χ3v) is 5.43. The van der Waals surface area contributed by atoms with Gasteiger partial charge in [-0.05, 0) is 30.3 Å². The number of anilines is 1. The molecule has 0 fully saturated rings. The molecule has 0 aliphatic rings. The Bertz CT molecular complexity index is 1350. The number of nitrogens with zero attached hydrogens (tertiary/aromatic N) is 4. The maximum Gasteiger partial charge on any atom is 0.350 e. The van der Waals surface area contributed by atoms with Crippen molar-refractivity contribution in [1.82, 2.24) is 19.2 Å². The van der Waals surface area contributed by atoms with E-state index in [0.29, 0.717) is 27.1 Å². The number of methoxy groups -OCH3 is 2. The van der Waals surface area contributed by atoms with Crippen molar-refractivity contribution in [1.29, 1.82) is 0 Å². The number of halogens is 1. The van der Waals surface area contributed by atoms with Crippen LogP contribution in [-0.4, -0.2) is 39.3 Å². The molecule has 0 bridgehead atoms. The van der Waals surface area contributed by atoms with Gasteiger partial charge in [0, 0.05) is 23.4 Å². The SMILES string of the molecule is COc1ccc(OC)c(NC(=O)Cn2nc3c(Sc4cccc(F)c4)nccn3c2=O)c1. The van der Waals surface area contributed by atoms with Gasteiger partial charge in [-0.3, -0.25) is 4.79 Å². The second-order valence-electron chi connectivity index (χ2n) is 6.54. The van der Waals surface area contributed by atoms with Gasteiger partial charge < -0.3 is 14.8 Å². The van der Waals surface area contributed by atoms with Crippen LogP contribution in [0.5, 0.6) is 11.5 Å². The van der Waals surface area contributed by atoms with Crippen molar-refractivity contribution in [2.75, 3.05) is 19.5 Å². The van der Waals surface area contributed by atoms with E-state index in [1.165, 1.54) is 54.9 Å². The van der Waals surface area contributed by atoms with E-state index < -0.39 is 11.6 Å². The van der Waals surface area contributed by atoms with Crippen LogP contribution in [0, 0.1) is 5.82 Å². The standard InChI is InChI=1S/C21H18FN5O4S/c1-30-14-6-7-17(31-2)16(11-14)24-18(28)12-27-21(29)26-9-8-23-20(19(26)25-27)32-15-5-3-4-13(22)10-15/h3-11H,12H2,1-2H3,(H,24,28). The van der Waals surface area contributed by atoms with Crippen LogP contribution in [0.1, 0.15) is 0 Å². The fourth-order valence-electron chi connectivity index (χ4n) is 2.98. The fraction of sp³-hybridized carbons (Fsp3) is 0.143. The molecule has 0 atom stereocenters. The molecule has 0 aliphatic heterocycles. The van der Waals surface area contributed by atoms with E-state index in [1.807, 2.05) is 0 Å². The molecule has 11 heteroatoms. The average molecular weight is 455 g/mol. The first kappa shape index (κ1) is 21.4. The highest BCUT2D eigenvalue weighted by atomic mass is 32.2. The Kier molecular flexibility index (Phi) is 6.08. The zero-order valence-electron chi connectivity index (χ0n) is 17.1. The topological polar surface area (TPSA) is 99.8 Å². The van der Waals surface area contributed by atoms with E-state index >= 15 is 0 Å². The van der Waals surface area contributed by atoms with Gasteiger partial charge in [0.2, 0.25) is 5.91 Å². The summed E-state index contributed by atoms with van der Waals surface area (Å²) in [6.45, 7) is -0.328. The van der Waals surface area contributed by atoms with Gasteiger partial charge >= 0.3 is 5.69 Å². The summed E-state index contributed by atoms with van der Waals surface area (Å²) in [6, 6.07) is 11.0. The van der Waals surface area contributed by atoms with Crippen molar-refractivity contribution in [2.45, 2.75) is 16.5 Å². The molecule has 164 valence electrons. The van der Waals surface area contributed by atoms with Crippen molar-refractivity contribution in [3.63, 3.8) is 0 Å². The van der Waals surface area contributed by atoms with Gasteiger partial charge in [0.15, 0.2) is 5.65 Å². The normalized spacial score (nSPS) is 10.8. The predicted octanol–water partition coefficient (Wildman–Crippen LogP) is 2.84. The molecule has 9 nitrogen and oxygen atoms in total. The molecule has 0 aliphatic carbocycles. The number of amides is 1. The number of ether oxygens (including phenoxy) is 2. The van der Waals surface area contributed by atoms with Gasteiger partial charge in [-0.15, -0.1) is 5.10 Å². The quantitative estimate of drug-likeness (QED) is 0.457. The van der Waals surface area contributed by atoms with Crippen LogP contribution in [-0.2, 0) is 11.3 Å². The zero-order valence-corrected chi connectivity index (χ0v) is 17.9. The number of nitrogens with one attached hydrogen (secondary N) is 1. The van der Waals surface area contributed by atoms with Crippen LogP contribution in [0.15, 0.2) is 69.6 Å². The second-order valence-corrected chi connectivity index (χ2v) is 7.60. The molecular weight excluding hydrogens is 437 g/mol. The van der Waals surface area contributed by atoms with E-state index in [4.69, 9.17) is 9.47 Å². The molecule has 0 spiro atoms. The van der Waals surface area contributed by atoms with E-state index in [1.54, 1.807) is 30.3 Å². The summed E-state index contributed by atoms with van der Waals surface area (Å²) in [6.07, 6.45) is 2.91. The third kappa shape index (κ3) is 4.42. The summed E-state index contributed by atoms with van der Waals surface area (Å²) in [5, 5.41) is 7.37. The van der Waals surface area contributed by atoms with E-state index in [-0.39, 0.29) is 18.0 Å². The molecule has 1 N–H and O–H groups in total. The van der Waals surface area contributed by atoms with Crippen LogP contribution < -0.4 is 20.5 Å². The lowest BCUT2D eigenvalue weighted by molar-refractivity contribution is -0.117. The van der Waals surface area contributed by atoms with Gasteiger partial charge in [0.1, 0.15) is 28.9 Å². The molecule has 2 heterocycles. The van der Waals surface area contributed by atoms with Gasteiger partial charge in [0.05, 0.1) is 19.9 Å². The molecule has 0 unspecified atom stereocenters. The largest absolute Gasteiger partial charge is 0.497 e. The molecule has 2 aromatic carbocycles. The maximum absolute atomic E-state index is 13.5. The minimum absolute atomic E-state index is 0.263. The minimum atomic E-state index is -0.503. The highest BCUT2D eigenvalue weighted by Crippen LogP contribution is 2.29. The Morgan fingerprint density at radius 3 is 2.78 bits per heavy atom. The second kappa shape index (κ2) is 9.10. The van der Waals surface area contributed by atoms with Gasteiger partial charge in [-0.1, -0.05) is 17.8 Å². The van der Waals surface area contributed by atoms with Crippen LogP contribution >= 0.6 is 11.8 Å². The molecule has 2 aromatic heterocycles. The molecule has 0 saturated heterocycles. The van der Waals surface area contributed by atoms with E-state index in [0.717, 1.165) is 4.68 Å². The summed E-state index contributed by atoms with van der Waals surface area (Å²) in [5.74, 6) is 0.124. The number of aromatic nitrogens is 4. The van der Waals surface area contributed by atoms with Crippen molar-refractivity contribution < 1.29 is 18.7 Å². The molecule has 0 radical (unpaired) electrons. The number of hydrogen-bond donors (Lipinski definition) is 1. The Hall–Kier alpha value is -3.86. The van der Waals surface area contributed by atoms with Crippen molar-refractivity contribution in [3.05, 3.63) is 71.2 Å². The summed E-state index contributed by atoms with van der Waals surface area (Å²) < 4.78 is 26.3. The number of benzene rings is 2. The maximum atomic E-state index is 13.5. The Labute approximate surface area is 185 Å². The van der Waals surface area contributed by atoms with Gasteiger partial charge in [-0.25, -0.2) is 23.3 Å². The van der Waals surface area contributed by atoms with Crippen LogP contribution in [0.4, 0.5) is 10.1 Å². The monoisotopic (exact) mass is 455 g/mol. The van der Waals surface area contributed by atoms with Crippen LogP contribution in [0.2, 0.25) is 0 Å². The number of fused-ring (bicyclic) bond motifs is 1. The molecule has 1 amide bonds. The first-order valence-corrected chi connectivity index (χ1v) is 10.2. The Balaban J connectivity index is 1.59. The Morgan fingerprint density at radius 1 is 1.19 bits per heavy atom. The zero-order chi connectivity index (χ0) is 22.7. The lowest BCUT2D eigenvalue weighted by Gasteiger charge is -2.11. The number of rotatable bonds is 7. The highest BCUT2D eigenvalue weighted by molar-refractivity contribution is 7.99. The molecular formula is C21H18FN5O4S. The molecule has 4 aromatic rings. The van der Waals surface area contributed by atoms with E-state index in [2.05, 4.69) is 15.4 Å². The summed E-state index contributed by atoms with van der Waals surface area (Å²) >= 11 is 1.17. The van der Waals surface area contributed by atoms with Gasteiger partial charge in [-0.2, -0.15) is 0 Å². The summed E-state index contributed by atoms with van der Waals surface area (Å²) in [4.78, 5) is 30.2. The van der Waals surface area contributed by atoms with Gasteiger partial charge in [0.25, 0.3) is 0 Å². The smallest absolute Gasteiger partial charge is 0.350 e. The predicted molar refractivity (Wildman–Crippen MR) is 116 cm³/mol. The lowest BCUT2D eigenvalue weighted by Crippen LogP contribution is -2.28. The number of carbonyl (C=O) groups excluding carboxylic acids is 1. The summed E-state index contributed by atoms with van der Waals surface area (Å²) in [7, 11) is 2.99. The fourth-order valence-corrected chi connectivity index (χ4v) is 3.87.